The lowest BCUT2D eigenvalue weighted by Crippen LogP contribution is -2.44. The number of thiocarbonyl (C=S) groups is 1. The molecule has 1 aliphatic heterocycles. The highest BCUT2D eigenvalue weighted by Gasteiger charge is 2.27. The molecule has 23 heavy (non-hydrogen) atoms. The van der Waals surface area contributed by atoms with Crippen molar-refractivity contribution in [2.45, 2.75) is 6.42 Å². The van der Waals surface area contributed by atoms with Gasteiger partial charge in [0, 0.05) is 29.2 Å². The Hall–Kier alpha value is -2.11. The number of hydrazine groups is 1. The number of benzene rings is 2. The minimum Gasteiger partial charge on any atom is -0.375 e. The molecule has 2 aromatic carbocycles. The molecule has 2 aromatic rings. The lowest BCUT2D eigenvalue weighted by Gasteiger charge is -2.31. The van der Waals surface area contributed by atoms with Gasteiger partial charge in [-0.2, -0.15) is 0 Å². The first kappa shape index (κ1) is 15.8. The summed E-state index contributed by atoms with van der Waals surface area (Å²) >= 11 is 11.2. The fraction of sp³-hybridized carbons (Fsp3) is 0.176. The van der Waals surface area contributed by atoms with E-state index < -0.39 is 0 Å². The SMILES string of the molecule is NC(=S)N1CCCN1c1ccc(Cl)cc1C(=O)c1ccccc1. The molecule has 2 N–H and O–H groups in total. The summed E-state index contributed by atoms with van der Waals surface area (Å²) in [6.07, 6.45) is 0.929. The lowest BCUT2D eigenvalue weighted by atomic mass is 10.0. The van der Waals surface area contributed by atoms with E-state index in [1.54, 1.807) is 24.3 Å². The van der Waals surface area contributed by atoms with Gasteiger partial charge in [-0.3, -0.25) is 14.8 Å². The van der Waals surface area contributed by atoms with Crippen LogP contribution in [0.1, 0.15) is 22.3 Å². The number of nitrogens with zero attached hydrogens (tertiary/aromatic N) is 2. The van der Waals surface area contributed by atoms with Gasteiger partial charge in [0.1, 0.15) is 0 Å². The van der Waals surface area contributed by atoms with Gasteiger partial charge in [0.05, 0.1) is 5.69 Å². The van der Waals surface area contributed by atoms with E-state index >= 15 is 0 Å². The van der Waals surface area contributed by atoms with Crippen LogP contribution in [0.5, 0.6) is 0 Å². The zero-order valence-electron chi connectivity index (χ0n) is 12.4. The number of ketones is 1. The van der Waals surface area contributed by atoms with Crippen LogP contribution in [-0.4, -0.2) is 29.0 Å². The molecule has 118 valence electrons. The molecule has 0 saturated carbocycles. The molecule has 6 heteroatoms. The Bertz CT molecular complexity index is 751. The summed E-state index contributed by atoms with van der Waals surface area (Å²) in [5.41, 5.74) is 7.74. The molecule has 0 spiro atoms. The molecule has 0 aromatic heterocycles. The molecular formula is C17H16ClN3OS. The zero-order chi connectivity index (χ0) is 16.4. The molecule has 0 bridgehead atoms. The third-order valence-electron chi connectivity index (χ3n) is 3.80. The van der Waals surface area contributed by atoms with Crippen molar-refractivity contribution < 1.29 is 4.79 Å². The summed E-state index contributed by atoms with van der Waals surface area (Å²) in [6, 6.07) is 14.5. The van der Waals surface area contributed by atoms with Crippen LogP contribution >= 0.6 is 23.8 Å². The third kappa shape index (κ3) is 3.16. The van der Waals surface area contributed by atoms with Crippen molar-refractivity contribution >= 4 is 40.4 Å². The first-order valence-electron chi connectivity index (χ1n) is 7.31. The highest BCUT2D eigenvalue weighted by molar-refractivity contribution is 7.80. The van der Waals surface area contributed by atoms with Crippen molar-refractivity contribution in [3.63, 3.8) is 0 Å². The van der Waals surface area contributed by atoms with Gasteiger partial charge in [0.15, 0.2) is 10.9 Å². The van der Waals surface area contributed by atoms with Gasteiger partial charge in [-0.25, -0.2) is 0 Å². The second-order valence-electron chi connectivity index (χ2n) is 5.29. The number of hydrogen-bond acceptors (Lipinski definition) is 3. The smallest absolute Gasteiger partial charge is 0.195 e. The second kappa shape index (κ2) is 6.56. The molecule has 1 fully saturated rings. The maximum atomic E-state index is 12.9. The average molecular weight is 346 g/mol. The van der Waals surface area contributed by atoms with E-state index in [1.165, 1.54) is 0 Å². The van der Waals surface area contributed by atoms with Gasteiger partial charge < -0.3 is 5.73 Å². The largest absolute Gasteiger partial charge is 0.375 e. The Morgan fingerprint density at radius 2 is 1.87 bits per heavy atom. The van der Waals surface area contributed by atoms with Crippen molar-refractivity contribution in [2.75, 3.05) is 18.1 Å². The van der Waals surface area contributed by atoms with Crippen LogP contribution in [0.4, 0.5) is 5.69 Å². The predicted octanol–water partition coefficient (Wildman–Crippen LogP) is 3.24. The summed E-state index contributed by atoms with van der Waals surface area (Å²) in [4.78, 5) is 12.9. The number of halogens is 1. The number of rotatable bonds is 3. The van der Waals surface area contributed by atoms with Gasteiger partial charge >= 0.3 is 0 Å². The molecule has 0 unspecified atom stereocenters. The highest BCUT2D eigenvalue weighted by atomic mass is 35.5. The Morgan fingerprint density at radius 1 is 1.13 bits per heavy atom. The van der Waals surface area contributed by atoms with Crippen molar-refractivity contribution in [3.8, 4) is 0 Å². The number of hydrogen-bond donors (Lipinski definition) is 1. The monoisotopic (exact) mass is 345 g/mol. The Kier molecular flexibility index (Phi) is 4.50. The summed E-state index contributed by atoms with van der Waals surface area (Å²) in [5, 5.41) is 4.60. The van der Waals surface area contributed by atoms with Crippen molar-refractivity contribution in [3.05, 3.63) is 64.7 Å². The minimum absolute atomic E-state index is 0.0714. The van der Waals surface area contributed by atoms with E-state index in [9.17, 15) is 4.79 Å². The molecule has 1 aliphatic rings. The summed E-state index contributed by atoms with van der Waals surface area (Å²) in [7, 11) is 0. The first-order chi connectivity index (χ1) is 11.1. The van der Waals surface area contributed by atoms with Crippen LogP contribution in [0.2, 0.25) is 5.02 Å². The van der Waals surface area contributed by atoms with Crippen molar-refractivity contribution in [2.24, 2.45) is 5.73 Å². The second-order valence-corrected chi connectivity index (χ2v) is 6.15. The summed E-state index contributed by atoms with van der Waals surface area (Å²) in [5.74, 6) is -0.0714. The molecule has 0 atom stereocenters. The van der Waals surface area contributed by atoms with Crippen LogP contribution in [0, 0.1) is 0 Å². The van der Waals surface area contributed by atoms with Crippen LogP contribution in [0.25, 0.3) is 0 Å². The van der Waals surface area contributed by atoms with E-state index in [0.717, 1.165) is 25.2 Å². The van der Waals surface area contributed by atoms with E-state index in [0.29, 0.717) is 21.3 Å². The van der Waals surface area contributed by atoms with Crippen LogP contribution < -0.4 is 10.7 Å². The zero-order valence-corrected chi connectivity index (χ0v) is 14.0. The average Bonchev–Trinajstić information content (AvgIpc) is 3.04. The number of nitrogens with two attached hydrogens (primary N) is 1. The quantitative estimate of drug-likeness (QED) is 0.683. The maximum Gasteiger partial charge on any atom is 0.195 e. The lowest BCUT2D eigenvalue weighted by molar-refractivity contribution is 0.103. The molecule has 0 amide bonds. The fourth-order valence-electron chi connectivity index (χ4n) is 2.75. The molecule has 3 rings (SSSR count). The highest BCUT2D eigenvalue weighted by Crippen LogP contribution is 2.30. The molecular weight excluding hydrogens is 330 g/mol. The molecule has 0 aliphatic carbocycles. The standard InChI is InChI=1S/C17H16ClN3OS/c18-13-7-8-15(20-9-4-10-21(20)17(19)23)14(11-13)16(22)12-5-2-1-3-6-12/h1-3,5-8,11H,4,9-10H2,(H2,19,23). The van der Waals surface area contributed by atoms with Crippen molar-refractivity contribution in [1.82, 2.24) is 5.01 Å². The van der Waals surface area contributed by atoms with Gasteiger partial charge in [0.25, 0.3) is 0 Å². The van der Waals surface area contributed by atoms with Crippen LogP contribution in [-0.2, 0) is 0 Å². The maximum absolute atomic E-state index is 12.9. The molecule has 4 nitrogen and oxygen atoms in total. The molecule has 1 saturated heterocycles. The Morgan fingerprint density at radius 3 is 2.57 bits per heavy atom. The Labute approximate surface area is 145 Å². The van der Waals surface area contributed by atoms with E-state index in [2.05, 4.69) is 0 Å². The van der Waals surface area contributed by atoms with Gasteiger partial charge in [-0.05, 0) is 36.8 Å². The van der Waals surface area contributed by atoms with Crippen LogP contribution in [0.3, 0.4) is 0 Å². The summed E-state index contributed by atoms with van der Waals surface area (Å²) < 4.78 is 0. The molecule has 0 radical (unpaired) electrons. The van der Waals surface area contributed by atoms with Gasteiger partial charge in [-0.15, -0.1) is 0 Å². The van der Waals surface area contributed by atoms with Crippen molar-refractivity contribution in [1.29, 1.82) is 0 Å². The number of carbonyl (C=O) groups excluding carboxylic acids is 1. The van der Waals surface area contributed by atoms with E-state index in [1.807, 2.05) is 34.3 Å². The summed E-state index contributed by atoms with van der Waals surface area (Å²) in [6.45, 7) is 1.50. The third-order valence-corrected chi connectivity index (χ3v) is 4.25. The topological polar surface area (TPSA) is 49.6 Å². The Balaban J connectivity index is 2.05. The fourth-order valence-corrected chi connectivity index (χ4v) is 3.11. The normalized spacial score (nSPS) is 14.1. The van der Waals surface area contributed by atoms with Crippen LogP contribution in [0.15, 0.2) is 48.5 Å². The molecule has 1 heterocycles. The predicted molar refractivity (Wildman–Crippen MR) is 96.8 cm³/mol. The first-order valence-corrected chi connectivity index (χ1v) is 8.10. The van der Waals surface area contributed by atoms with Gasteiger partial charge in [0.2, 0.25) is 0 Å². The number of carbonyl (C=O) groups is 1. The van der Waals surface area contributed by atoms with E-state index in [4.69, 9.17) is 29.6 Å². The minimum atomic E-state index is -0.0714. The number of anilines is 1. The van der Waals surface area contributed by atoms with Gasteiger partial charge in [-0.1, -0.05) is 41.9 Å². The van der Waals surface area contributed by atoms with E-state index in [-0.39, 0.29) is 5.78 Å².